The zero-order chi connectivity index (χ0) is 28.8. The Balaban J connectivity index is 1.44. The van der Waals surface area contributed by atoms with Crippen molar-refractivity contribution in [1.82, 2.24) is 14.9 Å². The maximum Gasteiger partial charge on any atom is 0.343 e. The zero-order valence-electron chi connectivity index (χ0n) is 23.1. The fourth-order valence-electron chi connectivity index (χ4n) is 7.36. The van der Waals surface area contributed by atoms with E-state index < -0.39 is 29.1 Å². The minimum Gasteiger partial charge on any atom is -0.458 e. The molecule has 214 valence electrons. The van der Waals surface area contributed by atoms with Gasteiger partial charge in [0.05, 0.1) is 35.1 Å². The van der Waals surface area contributed by atoms with Gasteiger partial charge in [0.2, 0.25) is 0 Å². The summed E-state index contributed by atoms with van der Waals surface area (Å²) in [6.45, 7) is 3.31. The molecular weight excluding hydrogens is 529 g/mol. The van der Waals surface area contributed by atoms with E-state index in [0.717, 1.165) is 41.3 Å². The number of aromatic nitrogens is 2. The lowest BCUT2D eigenvalue weighted by molar-refractivity contribution is -0.172. The van der Waals surface area contributed by atoms with Gasteiger partial charge in [0.25, 0.3) is 11.5 Å². The van der Waals surface area contributed by atoms with Crippen molar-refractivity contribution < 1.29 is 28.9 Å². The van der Waals surface area contributed by atoms with Crippen LogP contribution in [0.25, 0.3) is 22.3 Å². The molecule has 0 bridgehead atoms. The molecule has 1 fully saturated rings. The van der Waals surface area contributed by atoms with Crippen LogP contribution in [0.2, 0.25) is 0 Å². The van der Waals surface area contributed by atoms with Gasteiger partial charge >= 0.3 is 5.97 Å². The standard InChI is InChI=1S/C31H32FN3O6/c1-3-31(40)19-11-23-26-17(13-35(23)27(36)18(19)14-41-29(31)38)25-21(34-28(37)30(39)9-5-4-6-10-30)8-7-16-15(2)20(32)12-22(33-26)24(16)25/h11-12,21,39-40H,3-10,13-14H2,1-2H3,(H,34,37)/t21-,31-/m0/s1. The SMILES string of the molecule is CC[C@@]1(O)C(=O)OCc2c1cc1n(c2=O)Cc2c-1nc1cc(F)c(C)c3c1c2[C@@H](NC(=O)C1(O)CCCCC1)CC3. The highest BCUT2D eigenvalue weighted by Gasteiger charge is 2.46. The van der Waals surface area contributed by atoms with Crippen molar-refractivity contribution in [1.29, 1.82) is 0 Å². The molecule has 2 atom stereocenters. The Morgan fingerprint density at radius 1 is 1.17 bits per heavy atom. The van der Waals surface area contributed by atoms with Gasteiger partial charge in [-0.25, -0.2) is 14.2 Å². The van der Waals surface area contributed by atoms with Crippen LogP contribution in [0.5, 0.6) is 0 Å². The molecule has 1 amide bonds. The number of nitrogens with one attached hydrogen (secondary N) is 1. The van der Waals surface area contributed by atoms with Crippen LogP contribution < -0.4 is 10.9 Å². The van der Waals surface area contributed by atoms with Gasteiger partial charge in [-0.3, -0.25) is 9.59 Å². The van der Waals surface area contributed by atoms with Gasteiger partial charge in [0.15, 0.2) is 5.60 Å². The minimum absolute atomic E-state index is 0.0237. The van der Waals surface area contributed by atoms with Gasteiger partial charge in [-0.2, -0.15) is 0 Å². The number of benzene rings is 1. The predicted molar refractivity (Wildman–Crippen MR) is 146 cm³/mol. The molecule has 9 nitrogen and oxygen atoms in total. The van der Waals surface area contributed by atoms with Crippen LogP contribution in [0.4, 0.5) is 4.39 Å². The van der Waals surface area contributed by atoms with Crippen molar-refractivity contribution >= 4 is 22.8 Å². The Labute approximate surface area is 235 Å². The Morgan fingerprint density at radius 3 is 2.66 bits per heavy atom. The molecule has 10 heteroatoms. The number of halogens is 1. The number of pyridine rings is 2. The maximum absolute atomic E-state index is 15.1. The van der Waals surface area contributed by atoms with Crippen LogP contribution in [0, 0.1) is 12.7 Å². The van der Waals surface area contributed by atoms with E-state index in [1.165, 1.54) is 6.07 Å². The van der Waals surface area contributed by atoms with Gasteiger partial charge in [0, 0.05) is 22.6 Å². The smallest absolute Gasteiger partial charge is 0.343 e. The first-order valence-corrected chi connectivity index (χ1v) is 14.4. The number of aryl methyl sites for hydroxylation is 1. The normalized spacial score (nSPS) is 23.9. The minimum atomic E-state index is -1.96. The number of rotatable bonds is 3. The molecule has 1 saturated carbocycles. The van der Waals surface area contributed by atoms with Crippen LogP contribution in [0.15, 0.2) is 16.9 Å². The third-order valence-electron chi connectivity index (χ3n) is 9.79. The van der Waals surface area contributed by atoms with Crippen LogP contribution in [0.3, 0.4) is 0 Å². The number of fused-ring (bicyclic) bond motifs is 5. The summed E-state index contributed by atoms with van der Waals surface area (Å²) < 4.78 is 21.8. The monoisotopic (exact) mass is 561 g/mol. The molecule has 2 aliphatic heterocycles. The number of carbonyl (C=O) groups is 2. The van der Waals surface area contributed by atoms with Crippen molar-refractivity contribution in [2.75, 3.05) is 0 Å². The number of hydrogen-bond donors (Lipinski definition) is 3. The van der Waals surface area contributed by atoms with E-state index in [2.05, 4.69) is 5.32 Å². The number of esters is 1. The van der Waals surface area contributed by atoms with E-state index in [0.29, 0.717) is 48.2 Å². The molecule has 3 aromatic rings. The first-order valence-electron chi connectivity index (χ1n) is 14.4. The van der Waals surface area contributed by atoms with E-state index >= 15 is 4.39 Å². The highest BCUT2D eigenvalue weighted by molar-refractivity contribution is 5.94. The van der Waals surface area contributed by atoms with Gasteiger partial charge in [0.1, 0.15) is 18.0 Å². The van der Waals surface area contributed by atoms with E-state index in [1.807, 2.05) is 0 Å². The summed E-state index contributed by atoms with van der Waals surface area (Å²) in [5, 5.41) is 26.2. The first kappa shape index (κ1) is 26.3. The molecule has 2 aromatic heterocycles. The van der Waals surface area contributed by atoms with Crippen LogP contribution >= 0.6 is 0 Å². The number of hydrogen-bond acceptors (Lipinski definition) is 7. The van der Waals surface area contributed by atoms with Crippen LogP contribution in [0.1, 0.15) is 91.3 Å². The first-order chi connectivity index (χ1) is 19.6. The van der Waals surface area contributed by atoms with Gasteiger partial charge in [-0.15, -0.1) is 0 Å². The van der Waals surface area contributed by atoms with E-state index in [4.69, 9.17) is 9.72 Å². The van der Waals surface area contributed by atoms with Gasteiger partial charge < -0.3 is 24.8 Å². The Kier molecular flexibility index (Phi) is 5.73. The summed E-state index contributed by atoms with van der Waals surface area (Å²) in [6.07, 6.45) is 4.42. The van der Waals surface area contributed by atoms with Crippen molar-refractivity contribution in [3.63, 3.8) is 0 Å². The summed E-state index contributed by atoms with van der Waals surface area (Å²) in [6, 6.07) is 2.54. The number of carbonyl (C=O) groups excluding carboxylic acids is 2. The molecule has 7 rings (SSSR count). The molecule has 0 saturated heterocycles. The second-order valence-corrected chi connectivity index (χ2v) is 12.0. The largest absolute Gasteiger partial charge is 0.458 e. The maximum atomic E-state index is 15.1. The number of ether oxygens (including phenoxy) is 1. The van der Waals surface area contributed by atoms with E-state index in [9.17, 15) is 24.6 Å². The lowest BCUT2D eigenvalue weighted by atomic mass is 9.80. The summed E-state index contributed by atoms with van der Waals surface area (Å²) in [7, 11) is 0. The molecule has 41 heavy (non-hydrogen) atoms. The molecule has 4 heterocycles. The van der Waals surface area contributed by atoms with Crippen molar-refractivity contribution in [2.24, 2.45) is 0 Å². The predicted octanol–water partition coefficient (Wildman–Crippen LogP) is 3.33. The average molecular weight is 562 g/mol. The summed E-state index contributed by atoms with van der Waals surface area (Å²) in [4.78, 5) is 44.6. The Hall–Kier alpha value is -3.63. The second kappa shape index (κ2) is 8.93. The highest BCUT2D eigenvalue weighted by atomic mass is 19.1. The third kappa shape index (κ3) is 3.59. The van der Waals surface area contributed by atoms with Gasteiger partial charge in [-0.05, 0) is 61.8 Å². The molecule has 2 aliphatic carbocycles. The second-order valence-electron chi connectivity index (χ2n) is 12.0. The molecule has 1 aromatic carbocycles. The third-order valence-corrected chi connectivity index (χ3v) is 9.79. The van der Waals surface area contributed by atoms with Crippen LogP contribution in [-0.4, -0.2) is 37.2 Å². The fraction of sp³-hybridized carbons (Fsp3) is 0.484. The lowest BCUT2D eigenvalue weighted by Gasteiger charge is -2.35. The number of aliphatic hydroxyl groups is 2. The van der Waals surface area contributed by atoms with Crippen molar-refractivity contribution in [3.8, 4) is 11.4 Å². The van der Waals surface area contributed by atoms with Gasteiger partial charge in [-0.1, -0.05) is 26.2 Å². The summed E-state index contributed by atoms with van der Waals surface area (Å²) in [5.41, 5.74) is 0.810. The number of nitrogens with zero attached hydrogens (tertiary/aromatic N) is 2. The number of cyclic esters (lactones) is 1. The highest BCUT2D eigenvalue weighted by Crippen LogP contribution is 2.46. The van der Waals surface area contributed by atoms with Crippen molar-refractivity contribution in [2.45, 2.75) is 95.6 Å². The molecule has 0 spiro atoms. The Bertz CT molecular complexity index is 1740. The molecular formula is C31H32FN3O6. The molecule has 3 N–H and O–H groups in total. The summed E-state index contributed by atoms with van der Waals surface area (Å²) in [5.74, 6) is -1.59. The lowest BCUT2D eigenvalue weighted by Crippen LogP contribution is -2.49. The Morgan fingerprint density at radius 2 is 1.93 bits per heavy atom. The number of amides is 1. The molecule has 0 unspecified atom stereocenters. The fourth-order valence-corrected chi connectivity index (χ4v) is 7.36. The zero-order valence-corrected chi connectivity index (χ0v) is 23.1. The van der Waals surface area contributed by atoms with E-state index in [1.54, 1.807) is 24.5 Å². The average Bonchev–Trinajstić information content (AvgIpc) is 3.33. The molecule has 0 radical (unpaired) electrons. The van der Waals surface area contributed by atoms with E-state index in [-0.39, 0.29) is 42.1 Å². The van der Waals surface area contributed by atoms with Crippen LogP contribution in [-0.2, 0) is 39.5 Å². The quantitative estimate of drug-likeness (QED) is 0.327. The summed E-state index contributed by atoms with van der Waals surface area (Å²) >= 11 is 0. The molecule has 4 aliphatic rings. The topological polar surface area (TPSA) is 131 Å². The van der Waals surface area contributed by atoms with Crippen molar-refractivity contribution in [3.05, 3.63) is 61.7 Å².